The zero-order chi connectivity index (χ0) is 14.0. The van der Waals surface area contributed by atoms with Gasteiger partial charge in [-0.1, -0.05) is 12.2 Å². The van der Waals surface area contributed by atoms with E-state index in [0.29, 0.717) is 36.6 Å². The molecule has 1 unspecified atom stereocenters. The summed E-state index contributed by atoms with van der Waals surface area (Å²) in [5.41, 5.74) is 7.47. The third-order valence-electron chi connectivity index (χ3n) is 3.00. The molecule has 7 heteroatoms. The van der Waals surface area contributed by atoms with Gasteiger partial charge in [0.15, 0.2) is 0 Å². The molecular formula is C12H16N4O2S. The van der Waals surface area contributed by atoms with Crippen LogP contribution in [0.15, 0.2) is 6.07 Å². The van der Waals surface area contributed by atoms with Crippen molar-refractivity contribution in [2.24, 2.45) is 5.73 Å². The molecule has 0 spiro atoms. The Kier molecular flexibility index (Phi) is 4.06. The second-order valence-electron chi connectivity index (χ2n) is 4.50. The maximum Gasteiger partial charge on any atom is 0.256 e. The summed E-state index contributed by atoms with van der Waals surface area (Å²) in [4.78, 5) is 14.4. The number of hydrogen-bond acceptors (Lipinski definition) is 5. The van der Waals surface area contributed by atoms with Crippen LogP contribution in [-0.4, -0.2) is 51.8 Å². The molecule has 1 aliphatic heterocycles. The molecule has 1 atom stereocenters. The first-order chi connectivity index (χ1) is 8.99. The zero-order valence-electron chi connectivity index (χ0n) is 10.9. The quantitative estimate of drug-likeness (QED) is 0.781. The minimum atomic E-state index is -0.371. The Labute approximate surface area is 116 Å². The highest BCUT2D eigenvalue weighted by Crippen LogP contribution is 2.13. The van der Waals surface area contributed by atoms with E-state index in [1.54, 1.807) is 24.8 Å². The first-order valence-electron chi connectivity index (χ1n) is 6.00. The maximum absolute atomic E-state index is 12.5. The molecule has 1 aromatic rings. The van der Waals surface area contributed by atoms with Crippen molar-refractivity contribution in [2.45, 2.75) is 20.0 Å². The smallest absolute Gasteiger partial charge is 0.256 e. The van der Waals surface area contributed by atoms with E-state index < -0.39 is 0 Å². The molecule has 0 saturated carbocycles. The van der Waals surface area contributed by atoms with Crippen LogP contribution >= 0.6 is 12.2 Å². The van der Waals surface area contributed by atoms with Crippen LogP contribution in [-0.2, 0) is 4.74 Å². The van der Waals surface area contributed by atoms with E-state index in [-0.39, 0.29) is 17.0 Å². The van der Waals surface area contributed by atoms with Crippen LogP contribution in [0.4, 0.5) is 0 Å². The Bertz CT molecular complexity index is 520. The fourth-order valence-electron chi connectivity index (χ4n) is 1.94. The van der Waals surface area contributed by atoms with Crippen molar-refractivity contribution in [3.63, 3.8) is 0 Å². The monoisotopic (exact) mass is 280 g/mol. The van der Waals surface area contributed by atoms with Crippen LogP contribution in [0.5, 0.6) is 0 Å². The highest BCUT2D eigenvalue weighted by atomic mass is 32.1. The summed E-state index contributed by atoms with van der Waals surface area (Å²) < 4.78 is 5.42. The Morgan fingerprint density at radius 3 is 2.95 bits per heavy atom. The van der Waals surface area contributed by atoms with Crippen molar-refractivity contribution in [1.29, 1.82) is 0 Å². The average Bonchev–Trinajstić information content (AvgIpc) is 2.41. The molecule has 1 saturated heterocycles. The summed E-state index contributed by atoms with van der Waals surface area (Å²) >= 11 is 4.91. The predicted octanol–water partition coefficient (Wildman–Crippen LogP) is 0.221. The first-order valence-corrected chi connectivity index (χ1v) is 6.41. The molecule has 0 radical (unpaired) electrons. The molecule has 6 nitrogen and oxygen atoms in total. The van der Waals surface area contributed by atoms with Crippen molar-refractivity contribution >= 4 is 23.1 Å². The van der Waals surface area contributed by atoms with E-state index in [1.165, 1.54) is 0 Å². The Balaban J connectivity index is 2.19. The molecule has 19 heavy (non-hydrogen) atoms. The van der Waals surface area contributed by atoms with Gasteiger partial charge in [0.1, 0.15) is 11.1 Å². The summed E-state index contributed by atoms with van der Waals surface area (Å²) in [7, 11) is 0. The van der Waals surface area contributed by atoms with Gasteiger partial charge < -0.3 is 15.4 Å². The molecule has 1 aliphatic rings. The fraction of sp³-hybridized carbons (Fsp3) is 0.500. The summed E-state index contributed by atoms with van der Waals surface area (Å²) in [5, 5.41) is 7.89. The highest BCUT2D eigenvalue weighted by Gasteiger charge is 2.27. The maximum atomic E-state index is 12.5. The lowest BCUT2D eigenvalue weighted by Crippen LogP contribution is -2.50. The number of morpholine rings is 1. The topological polar surface area (TPSA) is 81.3 Å². The number of amides is 1. The van der Waals surface area contributed by atoms with Gasteiger partial charge in [0, 0.05) is 6.54 Å². The van der Waals surface area contributed by atoms with Crippen molar-refractivity contribution in [2.75, 3.05) is 19.7 Å². The SMILES string of the molecule is Cc1cc(C(=O)N2CCOC(C(N)=S)C2)c(C)nn1. The largest absolute Gasteiger partial charge is 0.391 e. The van der Waals surface area contributed by atoms with Crippen LogP contribution in [0.3, 0.4) is 0 Å². The normalized spacial score (nSPS) is 19.3. The number of hydrogen-bond donors (Lipinski definition) is 1. The summed E-state index contributed by atoms with van der Waals surface area (Å²) in [6, 6.07) is 1.75. The van der Waals surface area contributed by atoms with Crippen molar-refractivity contribution < 1.29 is 9.53 Å². The second-order valence-corrected chi connectivity index (χ2v) is 4.97. The van der Waals surface area contributed by atoms with E-state index in [9.17, 15) is 4.79 Å². The molecule has 1 amide bonds. The molecule has 0 bridgehead atoms. The van der Waals surface area contributed by atoms with Crippen LogP contribution in [0.1, 0.15) is 21.7 Å². The van der Waals surface area contributed by atoms with Gasteiger partial charge in [-0.3, -0.25) is 4.79 Å². The first kappa shape index (κ1) is 13.8. The standard InChI is InChI=1S/C12H16N4O2S/c1-7-5-9(8(2)15-14-7)12(17)16-3-4-18-10(6-16)11(13)19/h5,10H,3-4,6H2,1-2H3,(H2,13,19). The summed E-state index contributed by atoms with van der Waals surface area (Å²) in [5.74, 6) is -0.0833. The van der Waals surface area contributed by atoms with Gasteiger partial charge in [-0.15, -0.1) is 0 Å². The number of thiocarbonyl (C=S) groups is 1. The van der Waals surface area contributed by atoms with Crippen molar-refractivity contribution in [1.82, 2.24) is 15.1 Å². The van der Waals surface area contributed by atoms with E-state index in [0.717, 1.165) is 0 Å². The van der Waals surface area contributed by atoms with E-state index in [1.807, 2.05) is 0 Å². The number of aryl methyl sites for hydroxylation is 2. The molecule has 2 rings (SSSR count). The van der Waals surface area contributed by atoms with E-state index in [2.05, 4.69) is 10.2 Å². The average molecular weight is 280 g/mol. The van der Waals surface area contributed by atoms with E-state index in [4.69, 9.17) is 22.7 Å². The van der Waals surface area contributed by atoms with E-state index >= 15 is 0 Å². The van der Waals surface area contributed by atoms with Gasteiger partial charge in [-0.25, -0.2) is 0 Å². The number of nitrogens with two attached hydrogens (primary N) is 1. The summed E-state index contributed by atoms with van der Waals surface area (Å²) in [6.45, 7) is 4.92. The van der Waals surface area contributed by atoms with Crippen molar-refractivity contribution in [3.05, 3.63) is 23.0 Å². The molecule has 1 aromatic heterocycles. The lowest BCUT2D eigenvalue weighted by atomic mass is 10.1. The summed E-state index contributed by atoms with van der Waals surface area (Å²) in [6.07, 6.45) is -0.371. The highest BCUT2D eigenvalue weighted by molar-refractivity contribution is 7.80. The van der Waals surface area contributed by atoms with Crippen LogP contribution in [0.2, 0.25) is 0 Å². The lowest BCUT2D eigenvalue weighted by Gasteiger charge is -2.32. The Morgan fingerprint density at radius 2 is 2.26 bits per heavy atom. The molecular weight excluding hydrogens is 264 g/mol. The fourth-order valence-corrected chi connectivity index (χ4v) is 2.09. The van der Waals surface area contributed by atoms with Gasteiger partial charge in [0.25, 0.3) is 5.91 Å². The third-order valence-corrected chi connectivity index (χ3v) is 3.27. The molecule has 0 aromatic carbocycles. The third kappa shape index (κ3) is 3.05. The molecule has 102 valence electrons. The number of carbonyl (C=O) groups excluding carboxylic acids is 1. The van der Waals surface area contributed by atoms with Gasteiger partial charge in [-0.05, 0) is 19.9 Å². The molecule has 0 aliphatic carbocycles. The number of rotatable bonds is 2. The Hall–Kier alpha value is -1.60. The number of carbonyl (C=O) groups is 1. The van der Waals surface area contributed by atoms with Crippen LogP contribution in [0, 0.1) is 13.8 Å². The second kappa shape index (κ2) is 5.58. The number of nitrogens with zero attached hydrogens (tertiary/aromatic N) is 3. The van der Waals surface area contributed by atoms with Crippen LogP contribution < -0.4 is 5.73 Å². The predicted molar refractivity (Wildman–Crippen MR) is 73.9 cm³/mol. The molecule has 1 fully saturated rings. The van der Waals surface area contributed by atoms with Crippen molar-refractivity contribution in [3.8, 4) is 0 Å². The molecule has 2 N–H and O–H groups in total. The lowest BCUT2D eigenvalue weighted by molar-refractivity contribution is 0.00871. The van der Waals surface area contributed by atoms with Gasteiger partial charge in [-0.2, -0.15) is 10.2 Å². The minimum absolute atomic E-state index is 0.0833. The number of aromatic nitrogens is 2. The van der Waals surface area contributed by atoms with Gasteiger partial charge >= 0.3 is 0 Å². The van der Waals surface area contributed by atoms with Gasteiger partial charge in [0.05, 0.1) is 30.1 Å². The number of ether oxygens (including phenoxy) is 1. The Morgan fingerprint density at radius 1 is 1.53 bits per heavy atom. The minimum Gasteiger partial charge on any atom is -0.391 e. The van der Waals surface area contributed by atoms with Crippen LogP contribution in [0.25, 0.3) is 0 Å². The zero-order valence-corrected chi connectivity index (χ0v) is 11.7. The van der Waals surface area contributed by atoms with Gasteiger partial charge in [0.2, 0.25) is 0 Å². The molecule has 2 heterocycles.